The van der Waals surface area contributed by atoms with Gasteiger partial charge in [0, 0.05) is 0 Å². The van der Waals surface area contributed by atoms with Crippen LogP contribution in [-0.2, 0) is 4.79 Å². The van der Waals surface area contributed by atoms with Crippen molar-refractivity contribution in [3.63, 3.8) is 0 Å². The van der Waals surface area contributed by atoms with Gasteiger partial charge in [0.05, 0.1) is 0 Å². The number of carboxylic acid groups (broad SMARTS) is 1. The van der Waals surface area contributed by atoms with Crippen LogP contribution in [0.2, 0.25) is 0 Å². The Balaban J connectivity index is 4.23. The summed E-state index contributed by atoms with van der Waals surface area (Å²) in [5, 5.41) is 7.92. The van der Waals surface area contributed by atoms with Gasteiger partial charge in [-0.2, -0.15) is 4.39 Å². The first kappa shape index (κ1) is 7.14. The van der Waals surface area contributed by atoms with Gasteiger partial charge in [-0.1, -0.05) is 0 Å². The molecule has 0 aliphatic rings. The summed E-state index contributed by atoms with van der Waals surface area (Å²) in [5.41, 5.74) is 0.192. The molecule has 0 saturated heterocycles. The summed E-state index contributed by atoms with van der Waals surface area (Å²) < 4.78 is 11.9. The minimum atomic E-state index is -1.50. The predicted molar refractivity (Wildman–Crippen MR) is 27.1 cm³/mol. The zero-order chi connectivity index (χ0) is 6.73. The molecule has 0 spiro atoms. The number of hydrogen-bond acceptors (Lipinski definition) is 1. The van der Waals surface area contributed by atoms with Gasteiger partial charge in [-0.05, 0) is 19.4 Å². The molecule has 0 aromatic carbocycles. The third-order valence-corrected chi connectivity index (χ3v) is 0.627. The van der Waals surface area contributed by atoms with Crippen molar-refractivity contribution in [2.45, 2.75) is 13.8 Å². The second-order valence-electron chi connectivity index (χ2n) is 1.62. The Bertz CT molecular complexity index is 133. The van der Waals surface area contributed by atoms with Gasteiger partial charge in [0.25, 0.3) is 0 Å². The Labute approximate surface area is 46.6 Å². The molecule has 0 rings (SSSR count). The van der Waals surface area contributed by atoms with Crippen molar-refractivity contribution in [2.24, 2.45) is 0 Å². The van der Waals surface area contributed by atoms with Gasteiger partial charge in [-0.3, -0.25) is 0 Å². The van der Waals surface area contributed by atoms with E-state index in [2.05, 4.69) is 0 Å². The summed E-state index contributed by atoms with van der Waals surface area (Å²) in [6.45, 7) is 2.81. The second-order valence-corrected chi connectivity index (χ2v) is 1.62. The Morgan fingerprint density at radius 2 is 1.88 bits per heavy atom. The molecule has 0 saturated carbocycles. The van der Waals surface area contributed by atoms with Crippen LogP contribution in [0.1, 0.15) is 13.8 Å². The normalized spacial score (nSPS) is 8.38. The zero-order valence-electron chi connectivity index (χ0n) is 4.73. The summed E-state index contributed by atoms with van der Waals surface area (Å²) in [7, 11) is 0. The molecule has 46 valence electrons. The lowest BCUT2D eigenvalue weighted by Gasteiger charge is -1.87. The fourth-order valence-electron chi connectivity index (χ4n) is 0.214. The highest BCUT2D eigenvalue weighted by atomic mass is 19.1. The SMILES string of the molecule is CC(C)=C(F)C(=O)O. The number of aliphatic carboxylic acids is 1. The van der Waals surface area contributed by atoms with E-state index in [1.807, 2.05) is 0 Å². The van der Waals surface area contributed by atoms with E-state index in [1.54, 1.807) is 0 Å². The molecule has 0 aromatic rings. The number of halogens is 1. The standard InChI is InChI=1S/C5H7FO2/c1-3(2)4(6)5(7)8/h1-2H3,(H,7,8). The molecular weight excluding hydrogens is 111 g/mol. The first-order valence-corrected chi connectivity index (χ1v) is 2.12. The number of carboxylic acids is 1. The van der Waals surface area contributed by atoms with Crippen molar-refractivity contribution in [3.8, 4) is 0 Å². The second kappa shape index (κ2) is 2.45. The fourth-order valence-corrected chi connectivity index (χ4v) is 0.214. The number of carbonyl (C=O) groups is 1. The highest BCUT2D eigenvalue weighted by Crippen LogP contribution is 2.02. The minimum absolute atomic E-state index is 0.192. The summed E-state index contributed by atoms with van der Waals surface area (Å²) in [4.78, 5) is 9.71. The van der Waals surface area contributed by atoms with E-state index in [1.165, 1.54) is 13.8 Å². The topological polar surface area (TPSA) is 37.3 Å². The molecule has 1 N–H and O–H groups in total. The van der Waals surface area contributed by atoms with Gasteiger partial charge in [0.2, 0.25) is 5.83 Å². The van der Waals surface area contributed by atoms with Crippen molar-refractivity contribution < 1.29 is 14.3 Å². The van der Waals surface area contributed by atoms with E-state index in [-0.39, 0.29) is 5.57 Å². The van der Waals surface area contributed by atoms with Gasteiger partial charge < -0.3 is 5.11 Å². The molecule has 8 heavy (non-hydrogen) atoms. The van der Waals surface area contributed by atoms with Gasteiger partial charge in [-0.15, -0.1) is 0 Å². The lowest BCUT2D eigenvalue weighted by atomic mass is 10.3. The average Bonchev–Trinajstić information content (AvgIpc) is 1.64. The Morgan fingerprint density at radius 1 is 1.50 bits per heavy atom. The third-order valence-electron chi connectivity index (χ3n) is 0.627. The Hall–Kier alpha value is -0.860. The monoisotopic (exact) mass is 118 g/mol. The van der Waals surface area contributed by atoms with Crippen molar-refractivity contribution in [1.29, 1.82) is 0 Å². The highest BCUT2D eigenvalue weighted by Gasteiger charge is 2.05. The average molecular weight is 118 g/mol. The van der Waals surface area contributed by atoms with Crippen LogP contribution in [-0.4, -0.2) is 11.1 Å². The molecule has 0 aliphatic carbocycles. The summed E-state index contributed by atoms with van der Waals surface area (Å²) >= 11 is 0. The first-order valence-electron chi connectivity index (χ1n) is 2.12. The van der Waals surface area contributed by atoms with Crippen LogP contribution in [0.4, 0.5) is 4.39 Å². The minimum Gasteiger partial charge on any atom is -0.476 e. The number of hydrogen-bond donors (Lipinski definition) is 1. The highest BCUT2D eigenvalue weighted by molar-refractivity contribution is 5.84. The Kier molecular flexibility index (Phi) is 2.19. The molecule has 2 nitrogen and oxygen atoms in total. The Morgan fingerprint density at radius 3 is 1.88 bits per heavy atom. The fraction of sp³-hybridized carbons (Fsp3) is 0.400. The summed E-state index contributed by atoms with van der Waals surface area (Å²) in [6, 6.07) is 0. The van der Waals surface area contributed by atoms with E-state index < -0.39 is 11.8 Å². The maximum absolute atomic E-state index is 11.9. The van der Waals surface area contributed by atoms with Crippen LogP contribution in [0, 0.1) is 0 Å². The quantitative estimate of drug-likeness (QED) is 0.527. The van der Waals surface area contributed by atoms with E-state index in [0.29, 0.717) is 0 Å². The molecule has 0 bridgehead atoms. The maximum atomic E-state index is 11.9. The number of rotatable bonds is 1. The molecule has 0 radical (unpaired) electrons. The molecular formula is C5H7FO2. The van der Waals surface area contributed by atoms with Crippen molar-refractivity contribution >= 4 is 5.97 Å². The lowest BCUT2D eigenvalue weighted by molar-refractivity contribution is -0.134. The van der Waals surface area contributed by atoms with E-state index in [9.17, 15) is 9.18 Å². The lowest BCUT2D eigenvalue weighted by Crippen LogP contribution is -1.95. The molecule has 3 heteroatoms. The predicted octanol–water partition coefficient (Wildman–Crippen LogP) is 1.33. The molecule has 0 unspecified atom stereocenters. The van der Waals surface area contributed by atoms with E-state index >= 15 is 0 Å². The van der Waals surface area contributed by atoms with E-state index in [0.717, 1.165) is 0 Å². The van der Waals surface area contributed by atoms with Gasteiger partial charge in [0.1, 0.15) is 0 Å². The third kappa shape index (κ3) is 1.73. The van der Waals surface area contributed by atoms with Crippen molar-refractivity contribution in [1.82, 2.24) is 0 Å². The van der Waals surface area contributed by atoms with Crippen LogP contribution >= 0.6 is 0 Å². The van der Waals surface area contributed by atoms with Crippen LogP contribution in [0.3, 0.4) is 0 Å². The van der Waals surface area contributed by atoms with E-state index in [4.69, 9.17) is 5.11 Å². The smallest absolute Gasteiger partial charge is 0.364 e. The van der Waals surface area contributed by atoms with Gasteiger partial charge >= 0.3 is 5.97 Å². The van der Waals surface area contributed by atoms with Gasteiger partial charge in [-0.25, -0.2) is 4.79 Å². The van der Waals surface area contributed by atoms with Crippen LogP contribution < -0.4 is 0 Å². The van der Waals surface area contributed by atoms with Crippen LogP contribution in [0.5, 0.6) is 0 Å². The zero-order valence-corrected chi connectivity index (χ0v) is 4.73. The molecule has 0 fully saturated rings. The molecule has 0 atom stereocenters. The largest absolute Gasteiger partial charge is 0.476 e. The maximum Gasteiger partial charge on any atom is 0.364 e. The van der Waals surface area contributed by atoms with Gasteiger partial charge in [0.15, 0.2) is 0 Å². The van der Waals surface area contributed by atoms with Crippen LogP contribution in [0.15, 0.2) is 11.4 Å². The molecule has 0 heterocycles. The van der Waals surface area contributed by atoms with Crippen molar-refractivity contribution in [3.05, 3.63) is 11.4 Å². The summed E-state index contributed by atoms with van der Waals surface area (Å²) in [6.07, 6.45) is 0. The molecule has 0 aliphatic heterocycles. The first-order chi connectivity index (χ1) is 3.55. The molecule has 0 aromatic heterocycles. The molecule has 0 amide bonds. The summed E-state index contributed by atoms with van der Waals surface area (Å²) in [5.74, 6) is -2.56. The van der Waals surface area contributed by atoms with Crippen LogP contribution in [0.25, 0.3) is 0 Å². The number of allylic oxidation sites excluding steroid dienone is 1. The van der Waals surface area contributed by atoms with Crippen molar-refractivity contribution in [2.75, 3.05) is 0 Å².